The van der Waals surface area contributed by atoms with E-state index in [1.54, 1.807) is 6.20 Å². The van der Waals surface area contributed by atoms with Gasteiger partial charge >= 0.3 is 0 Å². The van der Waals surface area contributed by atoms with E-state index in [1.165, 1.54) is 0 Å². The van der Waals surface area contributed by atoms with Gasteiger partial charge in [-0.3, -0.25) is 0 Å². The van der Waals surface area contributed by atoms with Crippen LogP contribution in [0.4, 0.5) is 0 Å². The second-order valence-electron chi connectivity index (χ2n) is 4.27. The molecule has 0 aliphatic carbocycles. The summed E-state index contributed by atoms with van der Waals surface area (Å²) in [6.07, 6.45) is 1.71. The number of aromatic nitrogens is 1. The topological polar surface area (TPSA) is 56.5 Å². The van der Waals surface area contributed by atoms with E-state index >= 15 is 0 Å². The molecule has 0 fully saturated rings. The summed E-state index contributed by atoms with van der Waals surface area (Å²) in [7, 11) is 0. The van der Waals surface area contributed by atoms with Gasteiger partial charge in [0.1, 0.15) is 12.4 Å². The number of benzene rings is 1. The molecule has 0 spiro atoms. The number of rotatable bonds is 8. The Hall–Kier alpha value is -2.01. The summed E-state index contributed by atoms with van der Waals surface area (Å²) in [5.41, 5.74) is 0. The number of ether oxygens (including phenoxy) is 2. The maximum Gasteiger partial charge on any atom is 0.208 e. The standard InChI is InChI=1S/C15H20N2O3/c1-3-18-13-6-4-5-7-14(13)19-9-8-16-11-15-17-10-12(2)20-15/h4-7,10,16H,3,8-9,11H2,1-2H3. The molecule has 0 saturated carbocycles. The van der Waals surface area contributed by atoms with E-state index in [2.05, 4.69) is 10.3 Å². The Balaban J connectivity index is 1.70. The summed E-state index contributed by atoms with van der Waals surface area (Å²) in [6, 6.07) is 7.67. The summed E-state index contributed by atoms with van der Waals surface area (Å²) in [5.74, 6) is 3.06. The molecule has 0 aliphatic rings. The van der Waals surface area contributed by atoms with Gasteiger partial charge in [-0.05, 0) is 26.0 Å². The summed E-state index contributed by atoms with van der Waals surface area (Å²) < 4.78 is 16.6. The van der Waals surface area contributed by atoms with Crippen molar-refractivity contribution in [2.45, 2.75) is 20.4 Å². The van der Waals surface area contributed by atoms with Crippen molar-refractivity contribution in [1.82, 2.24) is 10.3 Å². The molecular weight excluding hydrogens is 256 g/mol. The third-order valence-electron chi connectivity index (χ3n) is 2.63. The molecule has 0 aliphatic heterocycles. The fourth-order valence-electron chi connectivity index (χ4n) is 1.76. The highest BCUT2D eigenvalue weighted by Crippen LogP contribution is 2.25. The number of hydrogen-bond donors (Lipinski definition) is 1. The third kappa shape index (κ3) is 4.28. The van der Waals surface area contributed by atoms with Crippen molar-refractivity contribution in [2.24, 2.45) is 0 Å². The first kappa shape index (κ1) is 14.4. The Labute approximate surface area is 118 Å². The number of nitrogens with zero attached hydrogens (tertiary/aromatic N) is 1. The predicted octanol–water partition coefficient (Wildman–Crippen LogP) is 2.55. The minimum Gasteiger partial charge on any atom is -0.490 e. The van der Waals surface area contributed by atoms with Crippen molar-refractivity contribution in [2.75, 3.05) is 19.8 Å². The second kappa shape index (κ2) is 7.55. The van der Waals surface area contributed by atoms with E-state index in [-0.39, 0.29) is 0 Å². The van der Waals surface area contributed by atoms with Crippen LogP contribution in [-0.2, 0) is 6.54 Å². The molecule has 1 N–H and O–H groups in total. The lowest BCUT2D eigenvalue weighted by molar-refractivity contribution is 0.274. The highest BCUT2D eigenvalue weighted by Gasteiger charge is 2.03. The van der Waals surface area contributed by atoms with Gasteiger partial charge in [0, 0.05) is 6.54 Å². The molecule has 5 heteroatoms. The van der Waals surface area contributed by atoms with Gasteiger partial charge in [0.15, 0.2) is 11.5 Å². The Morgan fingerprint density at radius 1 is 1.20 bits per heavy atom. The molecule has 1 aromatic carbocycles. The minimum absolute atomic E-state index is 0.559. The van der Waals surface area contributed by atoms with Gasteiger partial charge in [-0.1, -0.05) is 12.1 Å². The highest BCUT2D eigenvalue weighted by molar-refractivity contribution is 5.39. The normalized spacial score (nSPS) is 10.5. The molecule has 1 heterocycles. The monoisotopic (exact) mass is 276 g/mol. The van der Waals surface area contributed by atoms with Crippen LogP contribution in [-0.4, -0.2) is 24.7 Å². The first-order valence-electron chi connectivity index (χ1n) is 6.76. The van der Waals surface area contributed by atoms with E-state index < -0.39 is 0 Å². The van der Waals surface area contributed by atoms with Crippen LogP contribution in [0.5, 0.6) is 11.5 Å². The lowest BCUT2D eigenvalue weighted by Crippen LogP contribution is -2.20. The molecule has 0 atom stereocenters. The fraction of sp³-hybridized carbons (Fsp3) is 0.400. The Kier molecular flexibility index (Phi) is 5.43. The average Bonchev–Trinajstić information content (AvgIpc) is 2.86. The maximum atomic E-state index is 5.69. The lowest BCUT2D eigenvalue weighted by atomic mass is 10.3. The number of nitrogens with one attached hydrogen (secondary N) is 1. The highest BCUT2D eigenvalue weighted by atomic mass is 16.5. The van der Waals surface area contributed by atoms with Gasteiger partial charge in [0.2, 0.25) is 5.89 Å². The van der Waals surface area contributed by atoms with E-state index in [0.717, 1.165) is 17.3 Å². The van der Waals surface area contributed by atoms with E-state index in [0.29, 0.717) is 32.2 Å². The largest absolute Gasteiger partial charge is 0.490 e. The average molecular weight is 276 g/mol. The van der Waals surface area contributed by atoms with Gasteiger partial charge in [0.05, 0.1) is 19.3 Å². The minimum atomic E-state index is 0.559. The molecule has 2 aromatic rings. The van der Waals surface area contributed by atoms with Gasteiger partial charge in [-0.15, -0.1) is 0 Å². The van der Waals surface area contributed by atoms with E-state index in [1.807, 2.05) is 38.1 Å². The zero-order valence-electron chi connectivity index (χ0n) is 11.9. The van der Waals surface area contributed by atoms with Crippen molar-refractivity contribution in [1.29, 1.82) is 0 Å². The summed E-state index contributed by atoms with van der Waals surface area (Å²) in [5, 5.41) is 3.21. The lowest BCUT2D eigenvalue weighted by Gasteiger charge is -2.11. The number of oxazole rings is 1. The quantitative estimate of drug-likeness (QED) is 0.751. The van der Waals surface area contributed by atoms with Crippen molar-refractivity contribution >= 4 is 0 Å². The van der Waals surface area contributed by atoms with Crippen molar-refractivity contribution < 1.29 is 13.9 Å². The van der Waals surface area contributed by atoms with Crippen molar-refractivity contribution in [3.8, 4) is 11.5 Å². The molecule has 0 saturated heterocycles. The van der Waals surface area contributed by atoms with Gasteiger partial charge in [-0.25, -0.2) is 4.98 Å². The molecule has 0 radical (unpaired) electrons. The maximum absolute atomic E-state index is 5.69. The smallest absolute Gasteiger partial charge is 0.208 e. The van der Waals surface area contributed by atoms with Crippen LogP contribution in [0.25, 0.3) is 0 Å². The zero-order valence-corrected chi connectivity index (χ0v) is 11.9. The van der Waals surface area contributed by atoms with Crippen molar-refractivity contribution in [3.05, 3.63) is 42.1 Å². The van der Waals surface area contributed by atoms with Gasteiger partial charge < -0.3 is 19.2 Å². The molecular formula is C15H20N2O3. The first-order valence-corrected chi connectivity index (χ1v) is 6.76. The first-order chi connectivity index (χ1) is 9.79. The molecule has 1 aromatic heterocycles. The SMILES string of the molecule is CCOc1ccccc1OCCNCc1ncc(C)o1. The van der Waals surface area contributed by atoms with E-state index in [4.69, 9.17) is 13.9 Å². The number of hydrogen-bond acceptors (Lipinski definition) is 5. The van der Waals surface area contributed by atoms with Crippen LogP contribution in [0, 0.1) is 6.92 Å². The van der Waals surface area contributed by atoms with Gasteiger partial charge in [0.25, 0.3) is 0 Å². The molecule has 5 nitrogen and oxygen atoms in total. The van der Waals surface area contributed by atoms with Crippen LogP contribution in [0.15, 0.2) is 34.9 Å². The molecule has 20 heavy (non-hydrogen) atoms. The molecule has 0 unspecified atom stereocenters. The predicted molar refractivity (Wildman–Crippen MR) is 76.1 cm³/mol. The van der Waals surface area contributed by atoms with Crippen LogP contribution >= 0.6 is 0 Å². The van der Waals surface area contributed by atoms with Crippen LogP contribution in [0.2, 0.25) is 0 Å². The zero-order chi connectivity index (χ0) is 14.2. The van der Waals surface area contributed by atoms with Crippen LogP contribution in [0.3, 0.4) is 0 Å². The Bertz CT molecular complexity index is 525. The second-order valence-corrected chi connectivity index (χ2v) is 4.27. The number of aryl methyl sites for hydroxylation is 1. The summed E-state index contributed by atoms with van der Waals surface area (Å²) in [4.78, 5) is 4.12. The fourth-order valence-corrected chi connectivity index (χ4v) is 1.76. The molecule has 0 amide bonds. The van der Waals surface area contributed by atoms with Crippen LogP contribution in [0.1, 0.15) is 18.6 Å². The molecule has 2 rings (SSSR count). The summed E-state index contributed by atoms with van der Waals surface area (Å²) in [6.45, 7) is 6.33. The van der Waals surface area contributed by atoms with Crippen molar-refractivity contribution in [3.63, 3.8) is 0 Å². The molecule has 108 valence electrons. The number of para-hydroxylation sites is 2. The summed E-state index contributed by atoms with van der Waals surface area (Å²) >= 11 is 0. The Morgan fingerprint density at radius 3 is 2.60 bits per heavy atom. The van der Waals surface area contributed by atoms with E-state index in [9.17, 15) is 0 Å². The van der Waals surface area contributed by atoms with Gasteiger partial charge in [-0.2, -0.15) is 0 Å². The molecule has 0 bridgehead atoms. The third-order valence-corrected chi connectivity index (χ3v) is 2.63. The van der Waals surface area contributed by atoms with Crippen LogP contribution < -0.4 is 14.8 Å². The Morgan fingerprint density at radius 2 is 1.95 bits per heavy atom.